The van der Waals surface area contributed by atoms with E-state index in [4.69, 9.17) is 4.74 Å². The number of imidazole rings is 1. The summed E-state index contributed by atoms with van der Waals surface area (Å²) in [6, 6.07) is 2.35. The van der Waals surface area contributed by atoms with Gasteiger partial charge < -0.3 is 24.8 Å². The molecule has 37 heavy (non-hydrogen) atoms. The van der Waals surface area contributed by atoms with Crippen molar-refractivity contribution in [1.29, 1.82) is 0 Å². The molecule has 1 aliphatic heterocycles. The molecular formula is C27H38N6O4. The van der Waals surface area contributed by atoms with Gasteiger partial charge in [0.25, 0.3) is 5.91 Å². The maximum Gasteiger partial charge on any atom is 0.410 e. The van der Waals surface area contributed by atoms with Gasteiger partial charge in [0.2, 0.25) is 5.91 Å². The molecule has 2 aromatic rings. The van der Waals surface area contributed by atoms with Gasteiger partial charge in [-0.2, -0.15) is 0 Å². The van der Waals surface area contributed by atoms with Crippen LogP contribution in [-0.2, 0) is 9.53 Å². The van der Waals surface area contributed by atoms with E-state index >= 15 is 0 Å². The molecule has 1 saturated carbocycles. The summed E-state index contributed by atoms with van der Waals surface area (Å²) in [6.45, 7) is 6.28. The van der Waals surface area contributed by atoms with Gasteiger partial charge in [-0.1, -0.05) is 25.3 Å². The van der Waals surface area contributed by atoms with E-state index < -0.39 is 23.8 Å². The molecule has 0 radical (unpaired) electrons. The fraction of sp³-hybridized carbons (Fsp3) is 0.593. The first kappa shape index (κ1) is 26.6. The Morgan fingerprint density at radius 2 is 1.89 bits per heavy atom. The first-order valence-corrected chi connectivity index (χ1v) is 13.2. The minimum atomic E-state index is -0.907. The number of ether oxygens (including phenoxy) is 1. The number of rotatable bonds is 6. The Bertz CT molecular complexity index is 1050. The van der Waals surface area contributed by atoms with E-state index in [1.807, 2.05) is 26.8 Å². The van der Waals surface area contributed by atoms with Crippen LogP contribution in [0.15, 0.2) is 37.1 Å². The molecule has 2 N–H and O–H groups in total. The molecule has 2 fully saturated rings. The SMILES string of the molecule is CC(C)(C)OC(=O)N1CCC[C@@H](N(C(=O)c2cnc[nH]2)C(C(=O)NC2CCCCC2)c2cccnc2)C1. The number of hydrogen-bond acceptors (Lipinski definition) is 6. The van der Waals surface area contributed by atoms with Crippen LogP contribution < -0.4 is 5.32 Å². The lowest BCUT2D eigenvalue weighted by molar-refractivity contribution is -0.128. The van der Waals surface area contributed by atoms with Gasteiger partial charge in [-0.15, -0.1) is 0 Å². The fourth-order valence-electron chi connectivity index (χ4n) is 5.18. The van der Waals surface area contributed by atoms with Crippen LogP contribution >= 0.6 is 0 Å². The summed E-state index contributed by atoms with van der Waals surface area (Å²) in [6.07, 6.45) is 12.3. The largest absolute Gasteiger partial charge is 0.444 e. The number of nitrogens with zero attached hydrogens (tertiary/aromatic N) is 4. The van der Waals surface area contributed by atoms with Gasteiger partial charge in [-0.05, 0) is 52.5 Å². The molecule has 10 nitrogen and oxygen atoms in total. The van der Waals surface area contributed by atoms with E-state index in [1.54, 1.807) is 28.3 Å². The third-order valence-electron chi connectivity index (χ3n) is 6.88. The zero-order valence-corrected chi connectivity index (χ0v) is 22.0. The number of amides is 3. The lowest BCUT2D eigenvalue weighted by Crippen LogP contribution is -2.56. The van der Waals surface area contributed by atoms with Crippen molar-refractivity contribution in [3.63, 3.8) is 0 Å². The van der Waals surface area contributed by atoms with E-state index in [2.05, 4.69) is 20.3 Å². The highest BCUT2D eigenvalue weighted by atomic mass is 16.6. The third-order valence-corrected chi connectivity index (χ3v) is 6.88. The van der Waals surface area contributed by atoms with Crippen molar-refractivity contribution in [1.82, 2.24) is 30.1 Å². The summed E-state index contributed by atoms with van der Waals surface area (Å²) in [7, 11) is 0. The number of nitrogens with one attached hydrogen (secondary N) is 2. The second-order valence-corrected chi connectivity index (χ2v) is 10.9. The molecule has 0 bridgehead atoms. The van der Waals surface area contributed by atoms with Gasteiger partial charge in [0.05, 0.1) is 18.6 Å². The molecule has 1 aliphatic carbocycles. The van der Waals surface area contributed by atoms with Gasteiger partial charge in [0, 0.05) is 37.1 Å². The zero-order chi connectivity index (χ0) is 26.4. The van der Waals surface area contributed by atoms with Gasteiger partial charge in [-0.3, -0.25) is 14.6 Å². The van der Waals surface area contributed by atoms with Crippen molar-refractivity contribution in [2.45, 2.75) is 89.4 Å². The molecule has 4 rings (SSSR count). The smallest absolute Gasteiger partial charge is 0.410 e. The number of likely N-dealkylation sites (tertiary alicyclic amines) is 1. The van der Waals surface area contributed by atoms with Crippen LogP contribution in [-0.4, -0.2) is 73.4 Å². The highest BCUT2D eigenvalue weighted by molar-refractivity contribution is 5.96. The minimum absolute atomic E-state index is 0.0779. The summed E-state index contributed by atoms with van der Waals surface area (Å²) in [5.74, 6) is -0.580. The van der Waals surface area contributed by atoms with Crippen LogP contribution in [0.2, 0.25) is 0 Å². The number of H-pyrrole nitrogens is 1. The van der Waals surface area contributed by atoms with Gasteiger partial charge >= 0.3 is 6.09 Å². The Labute approximate surface area is 218 Å². The number of piperidine rings is 1. The molecular weight excluding hydrogens is 472 g/mol. The van der Waals surface area contributed by atoms with Crippen molar-refractivity contribution in [3.8, 4) is 0 Å². The van der Waals surface area contributed by atoms with Crippen LogP contribution in [0.4, 0.5) is 4.79 Å². The highest BCUT2D eigenvalue weighted by Gasteiger charge is 2.41. The average molecular weight is 511 g/mol. The lowest BCUT2D eigenvalue weighted by Gasteiger charge is -2.43. The maximum atomic E-state index is 13.9. The quantitative estimate of drug-likeness (QED) is 0.609. The van der Waals surface area contributed by atoms with E-state index in [0.717, 1.165) is 25.7 Å². The van der Waals surface area contributed by atoms with Crippen LogP contribution in [0.25, 0.3) is 0 Å². The van der Waals surface area contributed by atoms with Crippen LogP contribution in [0.3, 0.4) is 0 Å². The summed E-state index contributed by atoms with van der Waals surface area (Å²) in [5.41, 5.74) is 0.278. The number of carbonyl (C=O) groups excluding carboxylic acids is 3. The number of hydrogen-bond donors (Lipinski definition) is 2. The second-order valence-electron chi connectivity index (χ2n) is 10.9. The Morgan fingerprint density at radius 3 is 2.54 bits per heavy atom. The first-order valence-electron chi connectivity index (χ1n) is 13.2. The predicted octanol–water partition coefficient (Wildman–Crippen LogP) is 3.84. The molecule has 200 valence electrons. The molecule has 2 aliphatic rings. The second kappa shape index (κ2) is 11.7. The molecule has 10 heteroatoms. The Hall–Kier alpha value is -3.43. The molecule has 0 spiro atoms. The zero-order valence-electron chi connectivity index (χ0n) is 22.0. The molecule has 1 saturated heterocycles. The van der Waals surface area contributed by atoms with Crippen molar-refractivity contribution >= 4 is 17.9 Å². The van der Waals surface area contributed by atoms with Crippen LogP contribution in [0.5, 0.6) is 0 Å². The average Bonchev–Trinajstić information content (AvgIpc) is 3.42. The maximum absolute atomic E-state index is 13.9. The molecule has 0 aromatic carbocycles. The Balaban J connectivity index is 1.68. The normalized spacial score (nSPS) is 19.6. The number of aromatic amines is 1. The summed E-state index contributed by atoms with van der Waals surface area (Å²) in [5, 5.41) is 3.21. The van der Waals surface area contributed by atoms with E-state index in [0.29, 0.717) is 24.9 Å². The molecule has 2 aromatic heterocycles. The topological polar surface area (TPSA) is 121 Å². The third kappa shape index (κ3) is 6.87. The van der Waals surface area contributed by atoms with Crippen LogP contribution in [0.1, 0.15) is 87.8 Å². The van der Waals surface area contributed by atoms with Crippen LogP contribution in [0, 0.1) is 0 Å². The predicted molar refractivity (Wildman–Crippen MR) is 138 cm³/mol. The van der Waals surface area contributed by atoms with E-state index in [1.165, 1.54) is 18.9 Å². The van der Waals surface area contributed by atoms with Gasteiger partial charge in [0.1, 0.15) is 17.3 Å². The number of pyridine rings is 1. The molecule has 3 amide bonds. The standard InChI is InChI=1S/C27H38N6O4/c1-27(2,3)37-26(36)32-14-8-12-21(17-32)33(25(35)22-16-29-18-30-22)23(19-9-7-13-28-15-19)24(34)31-20-10-5-4-6-11-20/h7,9,13,15-16,18,20-21,23H,4-6,8,10-12,14,17H2,1-3H3,(H,29,30)(H,31,34)/t21-,23?/m1/s1. The van der Waals surface area contributed by atoms with E-state index in [-0.39, 0.29) is 30.1 Å². The summed E-state index contributed by atoms with van der Waals surface area (Å²) < 4.78 is 5.61. The Morgan fingerprint density at radius 1 is 1.11 bits per heavy atom. The first-order chi connectivity index (χ1) is 17.7. The Kier molecular flexibility index (Phi) is 8.45. The molecule has 3 heterocycles. The van der Waals surface area contributed by atoms with Crippen molar-refractivity contribution in [2.24, 2.45) is 0 Å². The molecule has 1 unspecified atom stereocenters. The molecule has 2 atom stereocenters. The number of aromatic nitrogens is 3. The minimum Gasteiger partial charge on any atom is -0.444 e. The van der Waals surface area contributed by atoms with Crippen molar-refractivity contribution in [2.75, 3.05) is 13.1 Å². The summed E-state index contributed by atoms with van der Waals surface area (Å²) in [4.78, 5) is 55.2. The van der Waals surface area contributed by atoms with E-state index in [9.17, 15) is 14.4 Å². The van der Waals surface area contributed by atoms with Gasteiger partial charge in [-0.25, -0.2) is 9.78 Å². The van der Waals surface area contributed by atoms with Gasteiger partial charge in [0.15, 0.2) is 0 Å². The van der Waals surface area contributed by atoms with Crippen molar-refractivity contribution < 1.29 is 19.1 Å². The lowest BCUT2D eigenvalue weighted by atomic mass is 9.94. The monoisotopic (exact) mass is 510 g/mol. The fourth-order valence-corrected chi connectivity index (χ4v) is 5.18. The summed E-state index contributed by atoms with van der Waals surface area (Å²) >= 11 is 0. The number of carbonyl (C=O) groups is 3. The van der Waals surface area contributed by atoms with Crippen molar-refractivity contribution in [3.05, 3.63) is 48.3 Å². The highest BCUT2D eigenvalue weighted by Crippen LogP contribution is 2.30.